The van der Waals surface area contributed by atoms with Crippen LogP contribution in [-0.2, 0) is 6.42 Å². The molecule has 3 atom stereocenters. The molecule has 0 N–H and O–H groups in total. The van der Waals surface area contributed by atoms with Gasteiger partial charge in [0.05, 0.1) is 0 Å². The molecule has 2 aliphatic carbocycles. The number of fused-ring (bicyclic) bond motifs is 3. The quantitative estimate of drug-likeness (QED) is 0.824. The number of piperazine rings is 1. The molecule has 0 spiro atoms. The molecule has 1 saturated heterocycles. The largest absolute Gasteiger partial charge is 0.344 e. The van der Waals surface area contributed by atoms with Gasteiger partial charge >= 0.3 is 0 Å². The maximum absolute atomic E-state index is 12.3. The highest BCUT2D eigenvalue weighted by molar-refractivity contribution is 7.20. The van der Waals surface area contributed by atoms with Gasteiger partial charge in [0.25, 0.3) is 5.56 Å². The fourth-order valence-electron chi connectivity index (χ4n) is 5.26. The zero-order chi connectivity index (χ0) is 17.7. The van der Waals surface area contributed by atoms with Crippen LogP contribution in [0.3, 0.4) is 0 Å². The number of aromatic nitrogens is 3. The second kappa shape index (κ2) is 6.60. The first-order valence-electron chi connectivity index (χ1n) is 10.1. The minimum Gasteiger partial charge on any atom is -0.344 e. The summed E-state index contributed by atoms with van der Waals surface area (Å²) in [5.74, 6) is 1.95. The van der Waals surface area contributed by atoms with E-state index in [1.54, 1.807) is 17.4 Å². The number of hydrogen-bond acceptors (Lipinski definition) is 6. The number of hydrogen-bond donors (Lipinski definition) is 0. The van der Waals surface area contributed by atoms with Crippen LogP contribution in [0, 0.1) is 11.8 Å². The lowest BCUT2D eigenvalue weighted by molar-refractivity contribution is 0.135. The number of anilines is 1. The molecule has 140 valence electrons. The van der Waals surface area contributed by atoms with Crippen molar-refractivity contribution in [1.82, 2.24) is 19.5 Å². The molecule has 3 fully saturated rings. The zero-order valence-electron chi connectivity index (χ0n) is 15.4. The molecule has 2 bridgehead atoms. The Kier molecular flexibility index (Phi) is 4.24. The second-order valence-electron chi connectivity index (χ2n) is 8.18. The van der Waals surface area contributed by atoms with Crippen molar-refractivity contribution in [2.45, 2.75) is 51.5 Å². The molecule has 3 aliphatic rings. The average molecular weight is 374 g/mol. The molecule has 0 radical (unpaired) electrons. The first-order valence-corrected chi connectivity index (χ1v) is 10.9. The molecule has 2 saturated carbocycles. The van der Waals surface area contributed by atoms with Crippen molar-refractivity contribution in [3.8, 4) is 0 Å². The van der Waals surface area contributed by atoms with Gasteiger partial charge in [0.2, 0.25) is 10.1 Å². The van der Waals surface area contributed by atoms with Crippen molar-refractivity contribution in [3.05, 3.63) is 22.1 Å². The summed E-state index contributed by atoms with van der Waals surface area (Å²) in [7, 11) is 0. The third-order valence-corrected chi connectivity index (χ3v) is 7.52. The van der Waals surface area contributed by atoms with Gasteiger partial charge in [0.1, 0.15) is 0 Å². The predicted molar refractivity (Wildman–Crippen MR) is 104 cm³/mol. The summed E-state index contributed by atoms with van der Waals surface area (Å²) in [5.41, 5.74) is 0.829. The number of nitrogens with zero attached hydrogens (tertiary/aromatic N) is 5. The van der Waals surface area contributed by atoms with Crippen LogP contribution in [0.4, 0.5) is 5.13 Å². The summed E-state index contributed by atoms with van der Waals surface area (Å²) in [6, 6.07) is 2.46. The van der Waals surface area contributed by atoms with Crippen molar-refractivity contribution in [3.63, 3.8) is 0 Å². The molecule has 3 unspecified atom stereocenters. The van der Waals surface area contributed by atoms with Crippen molar-refractivity contribution in [1.29, 1.82) is 0 Å². The number of rotatable bonds is 4. The van der Waals surface area contributed by atoms with Crippen molar-refractivity contribution in [2.24, 2.45) is 11.8 Å². The Morgan fingerprint density at radius 1 is 1.19 bits per heavy atom. The Hall–Kier alpha value is -1.47. The van der Waals surface area contributed by atoms with Gasteiger partial charge in [0, 0.05) is 44.0 Å². The van der Waals surface area contributed by atoms with Crippen LogP contribution in [0.2, 0.25) is 0 Å². The Bertz CT molecular complexity index is 853. The standard InChI is InChI=1S/C19H27N5OS/c1-2-3-15-12-17(25)24-18(20-15)26-19(21-24)23-8-6-22(7-9-23)16-11-13-4-5-14(16)10-13/h12-14,16H,2-11H2,1H3. The van der Waals surface area contributed by atoms with E-state index in [4.69, 9.17) is 0 Å². The molecule has 7 heteroatoms. The van der Waals surface area contributed by atoms with Crippen LogP contribution in [-0.4, -0.2) is 51.7 Å². The minimum absolute atomic E-state index is 0.0541. The topological polar surface area (TPSA) is 53.7 Å². The van der Waals surface area contributed by atoms with E-state index in [-0.39, 0.29) is 5.56 Å². The SMILES string of the molecule is CCCc1cc(=O)n2nc(N3CCN(C4CC5CCC4C5)CC3)sc2n1. The highest BCUT2D eigenvalue weighted by atomic mass is 32.1. The van der Waals surface area contributed by atoms with Crippen molar-refractivity contribution >= 4 is 21.4 Å². The Morgan fingerprint density at radius 3 is 2.73 bits per heavy atom. The van der Waals surface area contributed by atoms with E-state index in [9.17, 15) is 4.79 Å². The molecule has 5 rings (SSSR count). The summed E-state index contributed by atoms with van der Waals surface area (Å²) in [4.78, 5) is 22.7. The highest BCUT2D eigenvalue weighted by Crippen LogP contribution is 2.46. The highest BCUT2D eigenvalue weighted by Gasteiger charge is 2.42. The lowest BCUT2D eigenvalue weighted by Crippen LogP contribution is -2.51. The molecule has 0 amide bonds. The van der Waals surface area contributed by atoms with Gasteiger partial charge in [-0.2, -0.15) is 4.52 Å². The third kappa shape index (κ3) is 2.85. The van der Waals surface area contributed by atoms with Crippen LogP contribution >= 0.6 is 11.3 Å². The van der Waals surface area contributed by atoms with Gasteiger partial charge in [-0.1, -0.05) is 31.1 Å². The van der Waals surface area contributed by atoms with E-state index in [1.807, 2.05) is 0 Å². The normalized spacial score (nSPS) is 29.1. The van der Waals surface area contributed by atoms with Gasteiger partial charge in [-0.15, -0.1) is 5.10 Å². The van der Waals surface area contributed by atoms with E-state index in [2.05, 4.69) is 26.8 Å². The number of aryl methyl sites for hydroxylation is 1. The molecular formula is C19H27N5OS. The minimum atomic E-state index is -0.0541. The second-order valence-corrected chi connectivity index (χ2v) is 9.11. The van der Waals surface area contributed by atoms with E-state index >= 15 is 0 Å². The molecule has 3 heterocycles. The van der Waals surface area contributed by atoms with E-state index < -0.39 is 0 Å². The Morgan fingerprint density at radius 2 is 2.04 bits per heavy atom. The molecule has 2 aromatic rings. The van der Waals surface area contributed by atoms with Gasteiger partial charge in [0.15, 0.2) is 0 Å². The van der Waals surface area contributed by atoms with Gasteiger partial charge < -0.3 is 4.90 Å². The zero-order valence-corrected chi connectivity index (χ0v) is 16.2. The summed E-state index contributed by atoms with van der Waals surface area (Å²) in [6.45, 7) is 6.35. The lowest BCUT2D eigenvalue weighted by atomic mass is 9.93. The van der Waals surface area contributed by atoms with Gasteiger partial charge in [-0.3, -0.25) is 9.69 Å². The van der Waals surface area contributed by atoms with Gasteiger partial charge in [-0.05, 0) is 37.5 Å². The van der Waals surface area contributed by atoms with E-state index in [0.29, 0.717) is 0 Å². The summed E-state index contributed by atoms with van der Waals surface area (Å²) in [6.07, 6.45) is 7.65. The molecule has 26 heavy (non-hydrogen) atoms. The summed E-state index contributed by atoms with van der Waals surface area (Å²) < 4.78 is 1.47. The lowest BCUT2D eigenvalue weighted by Gasteiger charge is -2.40. The van der Waals surface area contributed by atoms with E-state index in [0.717, 1.165) is 72.7 Å². The molecule has 0 aromatic carbocycles. The van der Waals surface area contributed by atoms with Crippen LogP contribution in [0.15, 0.2) is 10.9 Å². The van der Waals surface area contributed by atoms with Crippen LogP contribution in [0.5, 0.6) is 0 Å². The molecule has 1 aliphatic heterocycles. The maximum Gasteiger partial charge on any atom is 0.275 e. The fraction of sp³-hybridized carbons (Fsp3) is 0.737. The Labute approximate surface area is 157 Å². The van der Waals surface area contributed by atoms with Crippen LogP contribution in [0.25, 0.3) is 4.96 Å². The molecule has 6 nitrogen and oxygen atoms in total. The smallest absolute Gasteiger partial charge is 0.275 e. The van der Waals surface area contributed by atoms with Crippen molar-refractivity contribution < 1.29 is 0 Å². The first kappa shape index (κ1) is 16.7. The van der Waals surface area contributed by atoms with Crippen LogP contribution < -0.4 is 10.5 Å². The predicted octanol–water partition coefficient (Wildman–Crippen LogP) is 2.41. The van der Waals surface area contributed by atoms with Gasteiger partial charge in [-0.25, -0.2) is 4.98 Å². The summed E-state index contributed by atoms with van der Waals surface area (Å²) in [5, 5.41) is 5.51. The van der Waals surface area contributed by atoms with Crippen LogP contribution in [0.1, 0.15) is 44.7 Å². The maximum atomic E-state index is 12.3. The fourth-order valence-corrected chi connectivity index (χ4v) is 6.24. The van der Waals surface area contributed by atoms with Crippen molar-refractivity contribution in [2.75, 3.05) is 31.1 Å². The molecular weight excluding hydrogens is 346 g/mol. The average Bonchev–Trinajstić information content (AvgIpc) is 3.37. The third-order valence-electron chi connectivity index (χ3n) is 6.55. The summed E-state index contributed by atoms with van der Waals surface area (Å²) >= 11 is 1.55. The molecule has 2 aromatic heterocycles. The Balaban J connectivity index is 1.30. The monoisotopic (exact) mass is 373 g/mol. The van der Waals surface area contributed by atoms with E-state index in [1.165, 1.54) is 30.2 Å². The first-order chi connectivity index (χ1) is 12.7.